The highest BCUT2D eigenvalue weighted by molar-refractivity contribution is 5.93. The van der Waals surface area contributed by atoms with Crippen molar-refractivity contribution in [1.82, 2.24) is 25.1 Å². The Kier molecular flexibility index (Phi) is 4.02. The Morgan fingerprint density at radius 1 is 1.10 bits per heavy atom. The molecule has 0 saturated carbocycles. The molecular formula is C21H19N7O. The molecule has 0 spiro atoms. The van der Waals surface area contributed by atoms with Crippen LogP contribution < -0.4 is 15.8 Å². The normalized spacial score (nSPS) is 11.2. The van der Waals surface area contributed by atoms with Crippen molar-refractivity contribution in [3.63, 3.8) is 0 Å². The molecule has 0 aliphatic carbocycles. The van der Waals surface area contributed by atoms with Crippen molar-refractivity contribution >= 4 is 39.3 Å². The number of nitrogens with zero attached hydrogens (tertiary/aromatic N) is 3. The molecule has 2 aromatic carbocycles. The first-order chi connectivity index (χ1) is 14.2. The molecule has 3 heterocycles. The van der Waals surface area contributed by atoms with Gasteiger partial charge >= 0.3 is 0 Å². The van der Waals surface area contributed by atoms with Crippen LogP contribution in [0.3, 0.4) is 0 Å². The largest absolute Gasteiger partial charge is 0.497 e. The van der Waals surface area contributed by atoms with Gasteiger partial charge in [0.1, 0.15) is 11.6 Å². The lowest BCUT2D eigenvalue weighted by Gasteiger charge is -2.11. The van der Waals surface area contributed by atoms with E-state index < -0.39 is 0 Å². The Hall–Kier alpha value is -4.07. The molecule has 0 saturated heterocycles. The molecule has 3 aromatic heterocycles. The van der Waals surface area contributed by atoms with Crippen LogP contribution in [-0.2, 0) is 6.42 Å². The second-order valence-electron chi connectivity index (χ2n) is 6.81. The molecule has 0 unspecified atom stereocenters. The summed E-state index contributed by atoms with van der Waals surface area (Å²) >= 11 is 0. The van der Waals surface area contributed by atoms with Crippen LogP contribution in [0.1, 0.15) is 11.1 Å². The number of methoxy groups -OCH3 is 1. The van der Waals surface area contributed by atoms with E-state index in [4.69, 9.17) is 10.5 Å². The Balaban J connectivity index is 1.42. The predicted octanol–water partition coefficient (Wildman–Crippen LogP) is 3.76. The third-order valence-corrected chi connectivity index (χ3v) is 4.92. The Bertz CT molecular complexity index is 1320. The summed E-state index contributed by atoms with van der Waals surface area (Å²) in [6, 6.07) is 12.1. The van der Waals surface area contributed by atoms with E-state index in [9.17, 15) is 0 Å². The second-order valence-corrected chi connectivity index (χ2v) is 6.81. The van der Waals surface area contributed by atoms with Crippen LogP contribution in [0.4, 0.5) is 17.5 Å². The molecule has 29 heavy (non-hydrogen) atoms. The first-order valence-corrected chi connectivity index (χ1v) is 9.15. The summed E-state index contributed by atoms with van der Waals surface area (Å²) in [6.45, 7) is 0. The zero-order valence-corrected chi connectivity index (χ0v) is 15.7. The molecule has 5 aromatic rings. The number of nitrogen functional groups attached to an aromatic ring is 1. The van der Waals surface area contributed by atoms with Crippen molar-refractivity contribution in [2.75, 3.05) is 18.2 Å². The number of benzene rings is 2. The molecule has 5 rings (SSSR count). The predicted molar refractivity (Wildman–Crippen MR) is 113 cm³/mol. The monoisotopic (exact) mass is 385 g/mol. The van der Waals surface area contributed by atoms with Gasteiger partial charge in [-0.1, -0.05) is 6.07 Å². The van der Waals surface area contributed by atoms with Gasteiger partial charge in [-0.3, -0.25) is 5.10 Å². The number of hydrogen-bond donors (Lipinski definition) is 4. The van der Waals surface area contributed by atoms with E-state index in [1.807, 2.05) is 18.3 Å². The minimum Gasteiger partial charge on any atom is -0.497 e. The molecule has 8 nitrogen and oxygen atoms in total. The molecule has 5 N–H and O–H groups in total. The van der Waals surface area contributed by atoms with Gasteiger partial charge in [0, 0.05) is 47.4 Å². The molecule has 0 aliphatic heterocycles. The van der Waals surface area contributed by atoms with Crippen LogP contribution in [0, 0.1) is 0 Å². The summed E-state index contributed by atoms with van der Waals surface area (Å²) in [4.78, 5) is 12.1. The van der Waals surface area contributed by atoms with Crippen molar-refractivity contribution < 1.29 is 4.74 Å². The van der Waals surface area contributed by atoms with E-state index in [-0.39, 0.29) is 0 Å². The molecule has 144 valence electrons. The van der Waals surface area contributed by atoms with E-state index >= 15 is 0 Å². The lowest BCUT2D eigenvalue weighted by Crippen LogP contribution is -2.05. The fourth-order valence-corrected chi connectivity index (χ4v) is 3.42. The maximum absolute atomic E-state index is 6.22. The smallest absolute Gasteiger partial charge is 0.229 e. The number of fused-ring (bicyclic) bond motifs is 2. The highest BCUT2D eigenvalue weighted by atomic mass is 16.5. The summed E-state index contributed by atoms with van der Waals surface area (Å²) in [7, 11) is 1.62. The molecule has 8 heteroatoms. The van der Waals surface area contributed by atoms with Gasteiger partial charge in [0.15, 0.2) is 0 Å². The summed E-state index contributed by atoms with van der Waals surface area (Å²) in [6.07, 6.45) is 6.10. The maximum atomic E-state index is 6.22. The minimum absolute atomic E-state index is 0.420. The standard InChI is InChI=1S/C21H19N7O/c1-29-15-8-18(16-11-25-28-19(16)9-15)26-21-24-10-14(20(22)27-21)7-12-2-3-17-13(6-12)4-5-23-17/h2-6,8-11,23H,7H2,1H3,(H,25,28)(H3,22,24,26,27). The van der Waals surface area contributed by atoms with Crippen LogP contribution in [0.25, 0.3) is 21.8 Å². The number of rotatable bonds is 5. The quantitative estimate of drug-likeness (QED) is 0.366. The van der Waals surface area contributed by atoms with Gasteiger partial charge in [-0.2, -0.15) is 10.1 Å². The Labute approximate surface area is 166 Å². The third kappa shape index (κ3) is 3.20. The summed E-state index contributed by atoms with van der Waals surface area (Å²) < 4.78 is 5.35. The Morgan fingerprint density at radius 3 is 2.90 bits per heavy atom. The average molecular weight is 385 g/mol. The van der Waals surface area contributed by atoms with Crippen LogP contribution >= 0.6 is 0 Å². The molecule has 0 bridgehead atoms. The zero-order valence-electron chi connectivity index (χ0n) is 15.7. The van der Waals surface area contributed by atoms with Crippen molar-refractivity contribution in [1.29, 1.82) is 0 Å². The highest BCUT2D eigenvalue weighted by Gasteiger charge is 2.10. The number of ether oxygens (including phenoxy) is 1. The summed E-state index contributed by atoms with van der Waals surface area (Å²) in [5, 5.41) is 12.3. The maximum Gasteiger partial charge on any atom is 0.229 e. The minimum atomic E-state index is 0.420. The number of aromatic amines is 2. The van der Waals surface area contributed by atoms with Crippen molar-refractivity contribution in [2.24, 2.45) is 0 Å². The van der Waals surface area contributed by atoms with Crippen molar-refractivity contribution in [3.8, 4) is 5.75 Å². The summed E-state index contributed by atoms with van der Waals surface area (Å²) in [5.74, 6) is 1.57. The lowest BCUT2D eigenvalue weighted by molar-refractivity contribution is 0.415. The van der Waals surface area contributed by atoms with Crippen molar-refractivity contribution in [3.05, 3.63) is 66.1 Å². The van der Waals surface area contributed by atoms with Crippen LogP contribution in [-0.4, -0.2) is 32.3 Å². The van der Waals surface area contributed by atoms with E-state index in [0.717, 1.165) is 33.2 Å². The van der Waals surface area contributed by atoms with Gasteiger partial charge in [-0.15, -0.1) is 0 Å². The number of aromatic nitrogens is 5. The molecule has 0 amide bonds. The van der Waals surface area contributed by atoms with Gasteiger partial charge in [0.2, 0.25) is 5.95 Å². The molecule has 0 atom stereocenters. The van der Waals surface area contributed by atoms with Crippen LogP contribution in [0.5, 0.6) is 5.75 Å². The molecule has 0 radical (unpaired) electrons. The zero-order chi connectivity index (χ0) is 19.8. The number of nitrogens with one attached hydrogen (secondary N) is 3. The van der Waals surface area contributed by atoms with E-state index in [2.05, 4.69) is 54.7 Å². The fraction of sp³-hybridized carbons (Fsp3) is 0.0952. The first kappa shape index (κ1) is 17.1. The third-order valence-electron chi connectivity index (χ3n) is 4.92. The van der Waals surface area contributed by atoms with Crippen molar-refractivity contribution in [2.45, 2.75) is 6.42 Å². The SMILES string of the molecule is COc1cc(Nc2ncc(Cc3ccc4[nH]ccc4c3)c(N)n2)c2cn[nH]c2c1. The van der Waals surface area contributed by atoms with Crippen LogP contribution in [0.2, 0.25) is 0 Å². The van der Waals surface area contributed by atoms with E-state index in [1.54, 1.807) is 19.5 Å². The number of H-pyrrole nitrogens is 2. The summed E-state index contributed by atoms with van der Waals surface area (Å²) in [5.41, 5.74) is 11.0. The van der Waals surface area contributed by atoms with Gasteiger partial charge < -0.3 is 20.8 Å². The van der Waals surface area contributed by atoms with Gasteiger partial charge in [-0.05, 0) is 29.1 Å². The van der Waals surface area contributed by atoms with E-state index in [1.165, 1.54) is 5.39 Å². The number of anilines is 3. The first-order valence-electron chi connectivity index (χ1n) is 9.15. The van der Waals surface area contributed by atoms with Gasteiger partial charge in [-0.25, -0.2) is 4.98 Å². The Morgan fingerprint density at radius 2 is 2.03 bits per heavy atom. The number of hydrogen-bond acceptors (Lipinski definition) is 6. The fourth-order valence-electron chi connectivity index (χ4n) is 3.42. The lowest BCUT2D eigenvalue weighted by atomic mass is 10.1. The molecular weight excluding hydrogens is 366 g/mol. The second kappa shape index (κ2) is 6.83. The number of nitrogens with two attached hydrogens (primary N) is 1. The molecule has 0 aliphatic rings. The van der Waals surface area contributed by atoms with Gasteiger partial charge in [0.05, 0.1) is 24.5 Å². The molecule has 0 fully saturated rings. The highest BCUT2D eigenvalue weighted by Crippen LogP contribution is 2.30. The van der Waals surface area contributed by atoms with Gasteiger partial charge in [0.25, 0.3) is 0 Å². The van der Waals surface area contributed by atoms with E-state index in [0.29, 0.717) is 23.9 Å². The van der Waals surface area contributed by atoms with Crippen LogP contribution in [0.15, 0.2) is 55.0 Å². The average Bonchev–Trinajstić information content (AvgIpc) is 3.38. The topological polar surface area (TPSA) is 118 Å².